The van der Waals surface area contributed by atoms with Crippen LogP contribution >= 0.6 is 0 Å². The molecule has 0 bridgehead atoms. The monoisotopic (exact) mass is 1120 g/mol. The minimum atomic E-state index is 0.578. The lowest BCUT2D eigenvalue weighted by Gasteiger charge is -2.25. The van der Waals surface area contributed by atoms with Crippen molar-refractivity contribution in [3.63, 3.8) is 0 Å². The summed E-state index contributed by atoms with van der Waals surface area (Å²) in [5, 5.41) is 4.55. The summed E-state index contributed by atoms with van der Waals surface area (Å²) < 4.78 is 4.64. The standard InChI is InChI=1S/C82H56N6/c1-7-25-57(26-8-1)70-48-45-60(53-73(70)58-27-9-2-10-28-58)59-29-23-30-61(51-59)76-56-77(84-82(83-76)88-79-44-22-20-42-72(79)75-55-69(47-50-81(75)88)86(65-36-15-5-16-37-65)66-38-17-6-18-39-66)62-31-24-40-67(52-62)87-78-43-21-19-41-71(78)74-54-68(46-49-80(74)87)85(63-32-11-3-12-33-63)64-34-13-4-14-35-64/h1-56H. The number of benzene rings is 13. The molecule has 16 rings (SSSR count). The summed E-state index contributed by atoms with van der Waals surface area (Å²) in [4.78, 5) is 15.9. The lowest BCUT2D eigenvalue weighted by atomic mass is 9.90. The van der Waals surface area contributed by atoms with E-state index in [4.69, 9.17) is 9.97 Å². The second-order valence-corrected chi connectivity index (χ2v) is 22.2. The summed E-state index contributed by atoms with van der Waals surface area (Å²) >= 11 is 0. The minimum Gasteiger partial charge on any atom is -0.310 e. The molecular formula is C82H56N6. The van der Waals surface area contributed by atoms with Gasteiger partial charge in [0.15, 0.2) is 0 Å². The quantitative estimate of drug-likeness (QED) is 0.115. The molecule has 0 spiro atoms. The van der Waals surface area contributed by atoms with Gasteiger partial charge in [-0.1, -0.05) is 212 Å². The zero-order valence-corrected chi connectivity index (χ0v) is 48.0. The van der Waals surface area contributed by atoms with Gasteiger partial charge in [-0.15, -0.1) is 0 Å². The van der Waals surface area contributed by atoms with E-state index in [9.17, 15) is 0 Å². The van der Waals surface area contributed by atoms with Crippen LogP contribution in [-0.4, -0.2) is 19.1 Å². The van der Waals surface area contributed by atoms with Crippen molar-refractivity contribution >= 4 is 77.7 Å². The van der Waals surface area contributed by atoms with E-state index in [1.54, 1.807) is 0 Å². The van der Waals surface area contributed by atoms with Crippen LogP contribution in [0, 0.1) is 0 Å². The largest absolute Gasteiger partial charge is 0.310 e. The Morgan fingerprint density at radius 3 is 1.12 bits per heavy atom. The van der Waals surface area contributed by atoms with Gasteiger partial charge in [-0.25, -0.2) is 9.97 Å². The van der Waals surface area contributed by atoms with Gasteiger partial charge in [0.25, 0.3) is 0 Å². The number of anilines is 6. The molecule has 0 radical (unpaired) electrons. The molecule has 0 aliphatic carbocycles. The Hall–Kier alpha value is -11.9. The van der Waals surface area contributed by atoms with Crippen LogP contribution < -0.4 is 9.80 Å². The summed E-state index contributed by atoms with van der Waals surface area (Å²) in [5.74, 6) is 0.578. The first-order valence-electron chi connectivity index (χ1n) is 29.9. The van der Waals surface area contributed by atoms with Crippen LogP contribution in [0.3, 0.4) is 0 Å². The first-order valence-corrected chi connectivity index (χ1v) is 29.9. The average molecular weight is 1130 g/mol. The first-order chi connectivity index (χ1) is 43.6. The van der Waals surface area contributed by atoms with Crippen LogP contribution in [0.5, 0.6) is 0 Å². The molecule has 0 unspecified atom stereocenters. The molecule has 88 heavy (non-hydrogen) atoms. The number of nitrogens with zero attached hydrogens (tertiary/aromatic N) is 6. The molecule has 0 saturated carbocycles. The highest BCUT2D eigenvalue weighted by atomic mass is 15.2. The Kier molecular flexibility index (Phi) is 13.1. The second-order valence-electron chi connectivity index (χ2n) is 22.2. The molecule has 3 aromatic heterocycles. The van der Waals surface area contributed by atoms with E-state index in [1.165, 1.54) is 27.6 Å². The van der Waals surface area contributed by atoms with Crippen molar-refractivity contribution in [1.82, 2.24) is 19.1 Å². The maximum atomic E-state index is 5.65. The van der Waals surface area contributed by atoms with Crippen LogP contribution in [0.1, 0.15) is 0 Å². The van der Waals surface area contributed by atoms with Gasteiger partial charge < -0.3 is 14.4 Å². The maximum absolute atomic E-state index is 5.65. The van der Waals surface area contributed by atoms with Crippen molar-refractivity contribution in [2.24, 2.45) is 0 Å². The van der Waals surface area contributed by atoms with Crippen LogP contribution in [0.25, 0.3) is 111 Å². The molecule has 3 heterocycles. The van der Waals surface area contributed by atoms with Crippen LogP contribution in [0.2, 0.25) is 0 Å². The molecule has 0 saturated heterocycles. The maximum Gasteiger partial charge on any atom is 0.235 e. The fraction of sp³-hybridized carbons (Fsp3) is 0. The molecule has 0 aliphatic heterocycles. The van der Waals surface area contributed by atoms with Crippen molar-refractivity contribution in [2.45, 2.75) is 0 Å². The van der Waals surface area contributed by atoms with Gasteiger partial charge in [0.2, 0.25) is 5.95 Å². The van der Waals surface area contributed by atoms with Crippen molar-refractivity contribution in [1.29, 1.82) is 0 Å². The Bertz CT molecular complexity index is 5120. The average Bonchev–Trinajstić information content (AvgIpc) is 2.00. The lowest BCUT2D eigenvalue weighted by Crippen LogP contribution is -2.09. The van der Waals surface area contributed by atoms with Gasteiger partial charge in [0.1, 0.15) is 0 Å². The van der Waals surface area contributed by atoms with Crippen molar-refractivity contribution in [2.75, 3.05) is 9.80 Å². The van der Waals surface area contributed by atoms with E-state index >= 15 is 0 Å². The second kappa shape index (κ2) is 22.3. The molecule has 0 fully saturated rings. The smallest absolute Gasteiger partial charge is 0.235 e. The lowest BCUT2D eigenvalue weighted by molar-refractivity contribution is 0.995. The highest BCUT2D eigenvalue weighted by Crippen LogP contribution is 2.44. The number of fused-ring (bicyclic) bond motifs is 6. The van der Waals surface area contributed by atoms with Gasteiger partial charge in [-0.3, -0.25) is 4.57 Å². The molecule has 414 valence electrons. The van der Waals surface area contributed by atoms with E-state index in [2.05, 4.69) is 359 Å². The zero-order valence-electron chi connectivity index (χ0n) is 48.0. The van der Waals surface area contributed by atoms with Gasteiger partial charge in [0.05, 0.1) is 33.5 Å². The normalized spacial score (nSPS) is 11.4. The van der Waals surface area contributed by atoms with E-state index in [1.807, 2.05) is 0 Å². The van der Waals surface area contributed by atoms with Crippen molar-refractivity contribution in [3.8, 4) is 67.5 Å². The summed E-state index contributed by atoms with van der Waals surface area (Å²) in [6.45, 7) is 0. The number of para-hydroxylation sites is 6. The molecule has 13 aromatic carbocycles. The van der Waals surface area contributed by atoms with Crippen LogP contribution in [0.15, 0.2) is 340 Å². The van der Waals surface area contributed by atoms with E-state index < -0.39 is 0 Å². The molecule has 0 amide bonds. The third-order valence-corrected chi connectivity index (χ3v) is 16.9. The summed E-state index contributed by atoms with van der Waals surface area (Å²) in [5.41, 5.74) is 22.2. The van der Waals surface area contributed by atoms with Crippen molar-refractivity contribution < 1.29 is 0 Å². The van der Waals surface area contributed by atoms with Crippen LogP contribution in [-0.2, 0) is 0 Å². The van der Waals surface area contributed by atoms with Gasteiger partial charge in [-0.2, -0.15) is 0 Å². The minimum absolute atomic E-state index is 0.578. The Labute approximate surface area is 511 Å². The van der Waals surface area contributed by atoms with Crippen LogP contribution in [0.4, 0.5) is 34.1 Å². The third-order valence-electron chi connectivity index (χ3n) is 16.9. The fourth-order valence-electron chi connectivity index (χ4n) is 12.8. The van der Waals surface area contributed by atoms with E-state index in [0.717, 1.165) is 112 Å². The zero-order chi connectivity index (χ0) is 58.3. The number of hydrogen-bond acceptors (Lipinski definition) is 4. The number of aromatic nitrogens is 4. The van der Waals surface area contributed by atoms with Gasteiger partial charge in [-0.05, 0) is 161 Å². The Morgan fingerprint density at radius 1 is 0.216 bits per heavy atom. The first kappa shape index (κ1) is 51.8. The van der Waals surface area contributed by atoms with Gasteiger partial charge >= 0.3 is 0 Å². The molecule has 16 aromatic rings. The van der Waals surface area contributed by atoms with Crippen molar-refractivity contribution in [3.05, 3.63) is 340 Å². The topological polar surface area (TPSA) is 42.1 Å². The summed E-state index contributed by atoms with van der Waals surface area (Å²) in [6, 6.07) is 121. The molecule has 6 nitrogen and oxygen atoms in total. The fourth-order valence-corrected chi connectivity index (χ4v) is 12.8. The SMILES string of the molecule is c1ccc(-c2ccc(-c3cccc(-c4cc(-c5cccc(-n6c7ccccc7c7cc(N(c8ccccc8)c8ccccc8)ccc76)c5)nc(-n5c6ccccc6c6cc(N(c7ccccc7)c7ccccc7)ccc65)n4)c3)cc2-c2ccccc2)cc1. The predicted octanol–water partition coefficient (Wildman–Crippen LogP) is 21.9. The molecule has 0 N–H and O–H groups in total. The van der Waals surface area contributed by atoms with E-state index in [-0.39, 0.29) is 0 Å². The highest BCUT2D eigenvalue weighted by Gasteiger charge is 2.22. The van der Waals surface area contributed by atoms with Gasteiger partial charge in [0, 0.05) is 72.5 Å². The predicted molar refractivity (Wildman–Crippen MR) is 367 cm³/mol. The Morgan fingerprint density at radius 2 is 0.602 bits per heavy atom. The molecule has 0 atom stereocenters. The molecule has 6 heteroatoms. The third kappa shape index (κ3) is 9.42. The summed E-state index contributed by atoms with van der Waals surface area (Å²) in [6.07, 6.45) is 0. The number of rotatable bonds is 13. The highest BCUT2D eigenvalue weighted by molar-refractivity contribution is 6.12. The summed E-state index contributed by atoms with van der Waals surface area (Å²) in [7, 11) is 0. The Balaban J connectivity index is 0.872. The molecule has 0 aliphatic rings. The number of hydrogen-bond donors (Lipinski definition) is 0. The van der Waals surface area contributed by atoms with E-state index in [0.29, 0.717) is 5.95 Å². The molecular weight excluding hydrogens is 1070 g/mol.